The van der Waals surface area contributed by atoms with Gasteiger partial charge >= 0.3 is 12.2 Å². The lowest BCUT2D eigenvalue weighted by molar-refractivity contribution is -0.137. The van der Waals surface area contributed by atoms with Crippen LogP contribution in [0, 0.1) is 0 Å². The van der Waals surface area contributed by atoms with Gasteiger partial charge in [-0.3, -0.25) is 4.79 Å². The standard InChI is InChI=1S/C25H44N6O6/c1-18(17-32)19-16-31(28-27-19)20(10-8-9-11-26-22(34)36-24(2,3)4)21(33)29-12-14-30(15-13-29)23(35)37-25(5,6)7/h16,18,20,32H,8-15,17H2,1-7H3,(H,26,34)/t18-,20-/m0/s1. The molecule has 12 nitrogen and oxygen atoms in total. The first-order chi connectivity index (χ1) is 17.2. The molecule has 1 aliphatic heterocycles. The van der Waals surface area contributed by atoms with E-state index in [2.05, 4.69) is 15.6 Å². The molecule has 2 heterocycles. The number of unbranched alkanes of at least 4 members (excludes halogenated alkanes) is 1. The molecule has 0 saturated carbocycles. The zero-order chi connectivity index (χ0) is 27.8. The average molecular weight is 525 g/mol. The molecule has 2 atom stereocenters. The molecular formula is C25H44N6O6. The van der Waals surface area contributed by atoms with Crippen LogP contribution in [-0.2, 0) is 14.3 Å². The molecule has 0 radical (unpaired) electrons. The van der Waals surface area contributed by atoms with E-state index < -0.39 is 23.3 Å². The highest BCUT2D eigenvalue weighted by Crippen LogP contribution is 2.21. The van der Waals surface area contributed by atoms with Gasteiger partial charge in [0.25, 0.3) is 0 Å². The van der Waals surface area contributed by atoms with E-state index in [9.17, 15) is 19.5 Å². The van der Waals surface area contributed by atoms with Crippen molar-refractivity contribution in [2.24, 2.45) is 0 Å². The third-order valence-electron chi connectivity index (χ3n) is 5.73. The van der Waals surface area contributed by atoms with Gasteiger partial charge in [0.15, 0.2) is 0 Å². The van der Waals surface area contributed by atoms with Crippen molar-refractivity contribution in [2.45, 2.75) is 90.9 Å². The van der Waals surface area contributed by atoms with Crippen LogP contribution in [0.5, 0.6) is 0 Å². The number of aliphatic hydroxyl groups excluding tert-OH is 1. The fourth-order valence-electron chi connectivity index (χ4n) is 3.74. The number of nitrogens with one attached hydrogen (secondary N) is 1. The van der Waals surface area contributed by atoms with Crippen molar-refractivity contribution in [3.8, 4) is 0 Å². The molecule has 1 fully saturated rings. The van der Waals surface area contributed by atoms with Gasteiger partial charge in [-0.1, -0.05) is 12.1 Å². The number of carbonyl (C=O) groups is 3. The third kappa shape index (κ3) is 10.2. The van der Waals surface area contributed by atoms with E-state index in [1.807, 2.05) is 27.7 Å². The van der Waals surface area contributed by atoms with Gasteiger partial charge in [-0.2, -0.15) is 0 Å². The van der Waals surface area contributed by atoms with Crippen LogP contribution in [0.25, 0.3) is 0 Å². The van der Waals surface area contributed by atoms with Crippen LogP contribution in [0.15, 0.2) is 6.20 Å². The molecule has 2 N–H and O–H groups in total. The van der Waals surface area contributed by atoms with Crippen molar-refractivity contribution in [3.05, 3.63) is 11.9 Å². The Balaban J connectivity index is 1.99. The van der Waals surface area contributed by atoms with Crippen LogP contribution in [-0.4, -0.2) is 98.5 Å². The predicted molar refractivity (Wildman–Crippen MR) is 137 cm³/mol. The van der Waals surface area contributed by atoms with E-state index in [0.717, 1.165) is 0 Å². The first-order valence-corrected chi connectivity index (χ1v) is 13.0. The molecule has 1 aromatic heterocycles. The molecule has 0 aliphatic carbocycles. The van der Waals surface area contributed by atoms with E-state index in [-0.39, 0.29) is 24.5 Å². The zero-order valence-corrected chi connectivity index (χ0v) is 23.3. The first-order valence-electron chi connectivity index (χ1n) is 13.0. The van der Waals surface area contributed by atoms with E-state index >= 15 is 0 Å². The topological polar surface area (TPSA) is 139 Å². The van der Waals surface area contributed by atoms with Gasteiger partial charge in [0.05, 0.1) is 12.3 Å². The highest BCUT2D eigenvalue weighted by Gasteiger charge is 2.32. The number of rotatable bonds is 9. The van der Waals surface area contributed by atoms with E-state index in [1.54, 1.807) is 41.4 Å². The van der Waals surface area contributed by atoms with Crippen molar-refractivity contribution in [1.29, 1.82) is 0 Å². The van der Waals surface area contributed by atoms with Crippen molar-refractivity contribution >= 4 is 18.1 Å². The summed E-state index contributed by atoms with van der Waals surface area (Å²) in [5.41, 5.74) is -0.531. The zero-order valence-electron chi connectivity index (χ0n) is 23.3. The number of aromatic nitrogens is 3. The van der Waals surface area contributed by atoms with Gasteiger partial charge in [-0.15, -0.1) is 5.10 Å². The Morgan fingerprint density at radius 1 is 1.00 bits per heavy atom. The van der Waals surface area contributed by atoms with Gasteiger partial charge < -0.3 is 29.7 Å². The molecule has 1 aliphatic rings. The van der Waals surface area contributed by atoms with Gasteiger partial charge in [0, 0.05) is 44.8 Å². The second kappa shape index (κ2) is 13.1. The number of amides is 3. The Hall–Kier alpha value is -2.89. The smallest absolute Gasteiger partial charge is 0.410 e. The lowest BCUT2D eigenvalue weighted by Gasteiger charge is -2.37. The molecule has 1 saturated heterocycles. The number of hydrogen-bond donors (Lipinski definition) is 2. The van der Waals surface area contributed by atoms with Crippen molar-refractivity contribution in [3.63, 3.8) is 0 Å². The summed E-state index contributed by atoms with van der Waals surface area (Å²) in [5.74, 6) is -0.294. The number of carbonyl (C=O) groups excluding carboxylic acids is 3. The minimum atomic E-state index is -0.582. The highest BCUT2D eigenvalue weighted by molar-refractivity contribution is 5.80. The summed E-state index contributed by atoms with van der Waals surface area (Å²) >= 11 is 0. The van der Waals surface area contributed by atoms with E-state index in [4.69, 9.17) is 9.47 Å². The second-order valence-electron chi connectivity index (χ2n) is 11.4. The van der Waals surface area contributed by atoms with Crippen LogP contribution in [0.2, 0.25) is 0 Å². The molecule has 0 spiro atoms. The third-order valence-corrected chi connectivity index (χ3v) is 5.73. The van der Waals surface area contributed by atoms with Crippen molar-refractivity contribution < 1.29 is 29.0 Å². The van der Waals surface area contributed by atoms with E-state index in [0.29, 0.717) is 57.7 Å². The molecule has 0 unspecified atom stereocenters. The summed E-state index contributed by atoms with van der Waals surface area (Å²) in [5, 5.41) is 20.5. The molecule has 1 aromatic rings. The maximum absolute atomic E-state index is 13.5. The minimum Gasteiger partial charge on any atom is -0.444 e. The summed E-state index contributed by atoms with van der Waals surface area (Å²) in [6.07, 6.45) is 2.67. The fourth-order valence-corrected chi connectivity index (χ4v) is 3.74. The maximum Gasteiger partial charge on any atom is 0.410 e. The summed E-state index contributed by atoms with van der Waals surface area (Å²) in [6.45, 7) is 14.6. The monoisotopic (exact) mass is 524 g/mol. The fraction of sp³-hybridized carbons (Fsp3) is 0.800. The summed E-state index contributed by atoms with van der Waals surface area (Å²) in [4.78, 5) is 41.1. The summed E-state index contributed by atoms with van der Waals surface area (Å²) in [6, 6.07) is -0.582. The second-order valence-corrected chi connectivity index (χ2v) is 11.4. The first kappa shape index (κ1) is 30.3. The van der Waals surface area contributed by atoms with Crippen molar-refractivity contribution in [2.75, 3.05) is 39.3 Å². The largest absolute Gasteiger partial charge is 0.444 e. The normalized spacial score (nSPS) is 16.2. The number of aliphatic hydroxyl groups is 1. The Labute approximate surface area is 219 Å². The van der Waals surface area contributed by atoms with Crippen LogP contribution >= 0.6 is 0 Å². The minimum absolute atomic E-state index is 0.0692. The van der Waals surface area contributed by atoms with Gasteiger partial charge in [0.1, 0.15) is 17.2 Å². The average Bonchev–Trinajstić information content (AvgIpc) is 3.28. The number of ether oxygens (including phenoxy) is 2. The molecule has 37 heavy (non-hydrogen) atoms. The molecule has 0 bridgehead atoms. The maximum atomic E-state index is 13.5. The molecule has 3 amide bonds. The molecule has 12 heteroatoms. The summed E-state index contributed by atoms with van der Waals surface area (Å²) in [7, 11) is 0. The number of piperazine rings is 1. The Kier molecular flexibility index (Phi) is 10.7. The Morgan fingerprint density at radius 2 is 1.59 bits per heavy atom. The van der Waals surface area contributed by atoms with Gasteiger partial charge in [-0.25, -0.2) is 14.3 Å². The molecular weight excluding hydrogens is 480 g/mol. The van der Waals surface area contributed by atoms with Crippen LogP contribution in [0.3, 0.4) is 0 Å². The highest BCUT2D eigenvalue weighted by atomic mass is 16.6. The van der Waals surface area contributed by atoms with Gasteiger partial charge in [0.2, 0.25) is 5.91 Å². The number of nitrogens with zero attached hydrogens (tertiary/aromatic N) is 5. The van der Waals surface area contributed by atoms with Crippen LogP contribution in [0.1, 0.15) is 85.4 Å². The number of hydrogen-bond acceptors (Lipinski definition) is 8. The molecule has 0 aromatic carbocycles. The quantitative estimate of drug-likeness (QED) is 0.470. The lowest BCUT2D eigenvalue weighted by atomic mass is 10.1. The van der Waals surface area contributed by atoms with Crippen LogP contribution < -0.4 is 5.32 Å². The number of alkyl carbamates (subject to hydrolysis) is 1. The Bertz CT molecular complexity index is 898. The predicted octanol–water partition coefficient (Wildman–Crippen LogP) is 2.69. The molecule has 2 rings (SSSR count). The SMILES string of the molecule is C[C@@H](CO)c1cn([C@@H](CCCCNC(=O)OC(C)(C)C)C(=O)N2CCN(C(=O)OC(C)(C)C)CC2)nn1. The molecule has 210 valence electrons. The van der Waals surface area contributed by atoms with E-state index in [1.165, 1.54) is 0 Å². The van der Waals surface area contributed by atoms with Crippen molar-refractivity contribution in [1.82, 2.24) is 30.1 Å². The van der Waals surface area contributed by atoms with Crippen LogP contribution in [0.4, 0.5) is 9.59 Å². The van der Waals surface area contributed by atoms with Gasteiger partial charge in [-0.05, 0) is 60.8 Å². The lowest BCUT2D eigenvalue weighted by Crippen LogP contribution is -2.53. The summed E-state index contributed by atoms with van der Waals surface area (Å²) < 4.78 is 12.3. The Morgan fingerprint density at radius 3 is 2.16 bits per heavy atom.